The number of guanidine groups is 1. The molecule has 0 spiro atoms. The minimum atomic E-state index is -0.184. The number of aryl methyl sites for hydroxylation is 1. The highest BCUT2D eigenvalue weighted by Crippen LogP contribution is 2.20. The number of fused-ring (bicyclic) bond motifs is 1. The van der Waals surface area contributed by atoms with E-state index in [0.29, 0.717) is 13.1 Å². The molecule has 0 amide bonds. The Bertz CT molecular complexity index is 810. The fourth-order valence-electron chi connectivity index (χ4n) is 3.13. The Morgan fingerprint density at radius 1 is 1.32 bits per heavy atom. The molecule has 0 saturated heterocycles. The molecule has 0 radical (unpaired) electrons. The second-order valence-electron chi connectivity index (χ2n) is 6.72. The van der Waals surface area contributed by atoms with Crippen molar-refractivity contribution in [3.05, 3.63) is 46.8 Å². The van der Waals surface area contributed by atoms with Crippen LogP contribution < -0.4 is 5.32 Å². The lowest BCUT2D eigenvalue weighted by Crippen LogP contribution is -2.44. The van der Waals surface area contributed by atoms with Gasteiger partial charge < -0.3 is 14.8 Å². The summed E-state index contributed by atoms with van der Waals surface area (Å²) in [4.78, 5) is 6.99. The average molecular weight is 518 g/mol. The van der Waals surface area contributed by atoms with Gasteiger partial charge in [0.2, 0.25) is 0 Å². The number of nitrogens with one attached hydrogen (secondary N) is 1. The maximum Gasteiger partial charge on any atom is 0.194 e. The molecule has 0 aliphatic carbocycles. The van der Waals surface area contributed by atoms with Crippen molar-refractivity contribution in [1.29, 1.82) is 0 Å². The summed E-state index contributed by atoms with van der Waals surface area (Å²) in [6.45, 7) is 4.79. The number of hydrogen-bond donors (Lipinski definition) is 1. The van der Waals surface area contributed by atoms with Crippen molar-refractivity contribution in [3.63, 3.8) is 0 Å². The molecular weight excluding hydrogens is 490 g/mol. The van der Waals surface area contributed by atoms with Gasteiger partial charge in [0.15, 0.2) is 11.8 Å². The Labute approximate surface area is 187 Å². The third-order valence-electron chi connectivity index (χ3n) is 4.84. The van der Waals surface area contributed by atoms with E-state index in [9.17, 15) is 4.39 Å². The van der Waals surface area contributed by atoms with Crippen molar-refractivity contribution in [2.45, 2.75) is 32.9 Å². The zero-order chi connectivity index (χ0) is 19.2. The first-order valence-electron chi connectivity index (χ1n) is 9.23. The van der Waals surface area contributed by atoms with Crippen LogP contribution in [0.25, 0.3) is 0 Å². The van der Waals surface area contributed by atoms with E-state index < -0.39 is 0 Å². The predicted octanol–water partition coefficient (Wildman–Crippen LogP) is 3.14. The number of thioether (sulfide) groups is 1. The van der Waals surface area contributed by atoms with Crippen LogP contribution in [0.4, 0.5) is 4.39 Å². The van der Waals surface area contributed by atoms with Gasteiger partial charge in [0.25, 0.3) is 0 Å². The first kappa shape index (κ1) is 22.9. The summed E-state index contributed by atoms with van der Waals surface area (Å²) >= 11 is 1.84. The summed E-state index contributed by atoms with van der Waals surface area (Å²) < 4.78 is 15.6. The molecular formula is C19H28FIN6S. The van der Waals surface area contributed by atoms with Crippen LogP contribution in [0.15, 0.2) is 23.2 Å². The fraction of sp³-hybridized carbons (Fsp3) is 0.526. The zero-order valence-corrected chi connectivity index (χ0v) is 19.8. The summed E-state index contributed by atoms with van der Waals surface area (Å²) in [5.74, 6) is 3.48. The van der Waals surface area contributed by atoms with Crippen molar-refractivity contribution in [2.75, 3.05) is 25.1 Å². The van der Waals surface area contributed by atoms with Gasteiger partial charge in [-0.3, -0.25) is 0 Å². The number of hydrogen-bond acceptors (Lipinski definition) is 4. The SMILES string of the molecule is CSCCCNC(=NCc1nnc(C)n1C)N1CCc2ccc(F)cc2C1.I. The molecule has 28 heavy (non-hydrogen) atoms. The van der Waals surface area contributed by atoms with E-state index in [0.717, 1.165) is 54.9 Å². The van der Waals surface area contributed by atoms with Gasteiger partial charge in [0.05, 0.1) is 0 Å². The number of halogens is 2. The van der Waals surface area contributed by atoms with Gasteiger partial charge >= 0.3 is 0 Å². The van der Waals surface area contributed by atoms with Crippen LogP contribution in [0.2, 0.25) is 0 Å². The number of nitrogens with zero attached hydrogens (tertiary/aromatic N) is 5. The molecule has 0 fully saturated rings. The highest BCUT2D eigenvalue weighted by atomic mass is 127. The summed E-state index contributed by atoms with van der Waals surface area (Å²) in [6.07, 6.45) is 4.08. The summed E-state index contributed by atoms with van der Waals surface area (Å²) in [5, 5.41) is 11.8. The van der Waals surface area contributed by atoms with Crippen molar-refractivity contribution in [3.8, 4) is 0 Å². The van der Waals surface area contributed by atoms with Gasteiger partial charge in [0, 0.05) is 26.7 Å². The highest BCUT2D eigenvalue weighted by molar-refractivity contribution is 14.0. The van der Waals surface area contributed by atoms with Gasteiger partial charge in [-0.05, 0) is 55.0 Å². The van der Waals surface area contributed by atoms with Crippen LogP contribution in [-0.4, -0.2) is 50.7 Å². The van der Waals surface area contributed by atoms with E-state index in [2.05, 4.69) is 26.7 Å². The Morgan fingerprint density at radius 3 is 2.86 bits per heavy atom. The first-order valence-corrected chi connectivity index (χ1v) is 10.6. The molecule has 2 heterocycles. The Balaban J connectivity index is 0.00000280. The third kappa shape index (κ3) is 5.82. The zero-order valence-electron chi connectivity index (χ0n) is 16.6. The Hall–Kier alpha value is -1.36. The molecule has 1 aromatic heterocycles. The molecule has 9 heteroatoms. The van der Waals surface area contributed by atoms with Gasteiger partial charge in [-0.25, -0.2) is 9.38 Å². The molecule has 0 unspecified atom stereocenters. The lowest BCUT2D eigenvalue weighted by molar-refractivity contribution is 0.376. The molecule has 3 rings (SSSR count). The average Bonchev–Trinajstić information content (AvgIpc) is 2.99. The first-order chi connectivity index (χ1) is 13.1. The number of aromatic nitrogens is 3. The Kier molecular flexibility index (Phi) is 9.00. The quantitative estimate of drug-likeness (QED) is 0.276. The van der Waals surface area contributed by atoms with E-state index in [1.165, 1.54) is 5.56 Å². The summed E-state index contributed by atoms with van der Waals surface area (Å²) in [6, 6.07) is 5.08. The molecule has 1 aliphatic rings. The standard InChI is InChI=1S/C19H27FN6S.HI/c1-14-23-24-18(25(14)2)12-22-19(21-8-4-10-27-3)26-9-7-15-5-6-17(20)11-16(15)13-26;/h5-6,11H,4,7-10,12-13H2,1-3H3,(H,21,22);1H. The van der Waals surface area contributed by atoms with Crippen LogP contribution >= 0.6 is 35.7 Å². The van der Waals surface area contributed by atoms with Crippen LogP contribution in [-0.2, 0) is 26.6 Å². The fourth-order valence-corrected chi connectivity index (χ4v) is 3.56. The maximum atomic E-state index is 13.6. The molecule has 6 nitrogen and oxygen atoms in total. The van der Waals surface area contributed by atoms with E-state index >= 15 is 0 Å². The van der Waals surface area contributed by atoms with Crippen LogP contribution in [0.3, 0.4) is 0 Å². The lowest BCUT2D eigenvalue weighted by Gasteiger charge is -2.32. The molecule has 1 aliphatic heterocycles. The van der Waals surface area contributed by atoms with Crippen molar-refractivity contribution < 1.29 is 4.39 Å². The smallest absolute Gasteiger partial charge is 0.194 e. The number of aliphatic imine (C=N–C) groups is 1. The minimum Gasteiger partial charge on any atom is -0.356 e. The van der Waals surface area contributed by atoms with Gasteiger partial charge in [-0.2, -0.15) is 11.8 Å². The second kappa shape index (κ2) is 11.0. The molecule has 0 atom stereocenters. The van der Waals surface area contributed by atoms with Crippen molar-refractivity contribution in [1.82, 2.24) is 25.0 Å². The normalized spacial score (nSPS) is 13.9. The number of rotatable bonds is 6. The van der Waals surface area contributed by atoms with E-state index in [1.54, 1.807) is 12.1 Å². The molecule has 2 aromatic rings. The van der Waals surface area contributed by atoms with Crippen molar-refractivity contribution >= 4 is 41.7 Å². The van der Waals surface area contributed by atoms with Crippen LogP contribution in [0, 0.1) is 12.7 Å². The van der Waals surface area contributed by atoms with Gasteiger partial charge in [0.1, 0.15) is 18.2 Å². The monoisotopic (exact) mass is 518 g/mol. The maximum absolute atomic E-state index is 13.6. The minimum absolute atomic E-state index is 0. The molecule has 154 valence electrons. The van der Waals surface area contributed by atoms with E-state index in [-0.39, 0.29) is 29.8 Å². The van der Waals surface area contributed by atoms with Gasteiger partial charge in [-0.1, -0.05) is 6.07 Å². The topological polar surface area (TPSA) is 58.3 Å². The van der Waals surface area contributed by atoms with E-state index in [4.69, 9.17) is 4.99 Å². The Morgan fingerprint density at radius 2 is 2.14 bits per heavy atom. The number of benzene rings is 1. The third-order valence-corrected chi connectivity index (χ3v) is 5.54. The molecule has 0 saturated carbocycles. The van der Waals surface area contributed by atoms with Crippen LogP contribution in [0.5, 0.6) is 0 Å². The summed E-state index contributed by atoms with van der Waals surface area (Å²) in [5.41, 5.74) is 2.26. The van der Waals surface area contributed by atoms with Crippen molar-refractivity contribution in [2.24, 2.45) is 12.0 Å². The predicted molar refractivity (Wildman–Crippen MR) is 124 cm³/mol. The highest BCUT2D eigenvalue weighted by Gasteiger charge is 2.20. The molecule has 0 bridgehead atoms. The molecule has 1 N–H and O–H groups in total. The van der Waals surface area contributed by atoms with Gasteiger partial charge in [-0.15, -0.1) is 34.2 Å². The second-order valence-corrected chi connectivity index (χ2v) is 7.71. The van der Waals surface area contributed by atoms with Crippen LogP contribution in [0.1, 0.15) is 29.2 Å². The largest absolute Gasteiger partial charge is 0.356 e. The summed E-state index contributed by atoms with van der Waals surface area (Å²) in [7, 11) is 1.95. The molecule has 1 aromatic carbocycles. The lowest BCUT2D eigenvalue weighted by atomic mass is 10.00. The van der Waals surface area contributed by atoms with E-state index in [1.807, 2.05) is 36.4 Å².